The van der Waals surface area contributed by atoms with Gasteiger partial charge in [-0.3, -0.25) is 4.79 Å². The third-order valence-electron chi connectivity index (χ3n) is 1.72. The highest BCUT2D eigenvalue weighted by Gasteiger charge is 2.17. The Morgan fingerprint density at radius 2 is 2.12 bits per heavy atom. The smallest absolute Gasteiger partial charge is 0.343 e. The minimum Gasteiger partial charge on any atom is -0.461 e. The van der Waals surface area contributed by atoms with E-state index in [4.69, 9.17) is 4.74 Å². The zero-order valence-corrected chi connectivity index (χ0v) is 11.1. The summed E-state index contributed by atoms with van der Waals surface area (Å²) >= 11 is 3.18. The first-order valence-corrected chi connectivity index (χ1v) is 5.64. The summed E-state index contributed by atoms with van der Waals surface area (Å²) in [5, 5.41) is 0. The SMILES string of the molecule is CC(C)(C)COC(=O)c1cc(Br)c[nH]c1=O. The topological polar surface area (TPSA) is 59.2 Å². The van der Waals surface area contributed by atoms with E-state index in [0.717, 1.165) is 0 Å². The predicted octanol–water partition coefficient (Wildman–Crippen LogP) is 2.34. The first kappa shape index (κ1) is 13.0. The van der Waals surface area contributed by atoms with Crippen molar-refractivity contribution in [3.63, 3.8) is 0 Å². The Kier molecular flexibility index (Phi) is 3.91. The second-order valence-corrected chi connectivity index (χ2v) is 5.61. The molecule has 0 aliphatic carbocycles. The molecule has 0 atom stereocenters. The molecule has 0 aliphatic rings. The number of rotatable bonds is 2. The second-order valence-electron chi connectivity index (χ2n) is 4.70. The highest BCUT2D eigenvalue weighted by molar-refractivity contribution is 9.10. The fourth-order valence-corrected chi connectivity index (χ4v) is 1.31. The summed E-state index contributed by atoms with van der Waals surface area (Å²) in [6, 6.07) is 1.45. The highest BCUT2D eigenvalue weighted by atomic mass is 79.9. The summed E-state index contributed by atoms with van der Waals surface area (Å²) in [5.41, 5.74) is -0.547. The highest BCUT2D eigenvalue weighted by Crippen LogP contribution is 2.14. The van der Waals surface area contributed by atoms with Gasteiger partial charge in [-0.15, -0.1) is 0 Å². The average Bonchev–Trinajstić information content (AvgIpc) is 2.17. The van der Waals surface area contributed by atoms with Gasteiger partial charge in [0, 0.05) is 10.7 Å². The van der Waals surface area contributed by atoms with E-state index in [1.807, 2.05) is 20.8 Å². The lowest BCUT2D eigenvalue weighted by Gasteiger charge is -2.17. The maximum atomic E-state index is 11.6. The monoisotopic (exact) mass is 287 g/mol. The van der Waals surface area contributed by atoms with Crippen LogP contribution in [0.2, 0.25) is 0 Å². The van der Waals surface area contributed by atoms with E-state index in [1.165, 1.54) is 12.3 Å². The second kappa shape index (κ2) is 4.82. The van der Waals surface area contributed by atoms with Gasteiger partial charge in [-0.2, -0.15) is 0 Å². The molecule has 1 N–H and O–H groups in total. The molecule has 4 nitrogen and oxygen atoms in total. The molecule has 0 amide bonds. The van der Waals surface area contributed by atoms with Gasteiger partial charge in [0.2, 0.25) is 0 Å². The Balaban J connectivity index is 2.81. The largest absolute Gasteiger partial charge is 0.461 e. The molecular weight excluding hydrogens is 274 g/mol. The number of halogens is 1. The average molecular weight is 288 g/mol. The van der Waals surface area contributed by atoms with Gasteiger partial charge in [-0.1, -0.05) is 20.8 Å². The summed E-state index contributed by atoms with van der Waals surface area (Å²) in [6.45, 7) is 6.13. The summed E-state index contributed by atoms with van der Waals surface area (Å²) in [5.74, 6) is -0.600. The van der Waals surface area contributed by atoms with Crippen LogP contribution in [0.5, 0.6) is 0 Å². The van der Waals surface area contributed by atoms with Crippen LogP contribution < -0.4 is 5.56 Å². The molecule has 0 radical (unpaired) electrons. The number of H-pyrrole nitrogens is 1. The van der Waals surface area contributed by atoms with Crippen molar-refractivity contribution >= 4 is 21.9 Å². The van der Waals surface area contributed by atoms with Crippen molar-refractivity contribution in [3.05, 3.63) is 32.7 Å². The molecule has 1 aromatic heterocycles. The fourth-order valence-electron chi connectivity index (χ4n) is 0.969. The van der Waals surface area contributed by atoms with Crippen molar-refractivity contribution in [2.24, 2.45) is 5.41 Å². The van der Waals surface area contributed by atoms with Gasteiger partial charge in [0.05, 0.1) is 6.61 Å². The van der Waals surface area contributed by atoms with Crippen LogP contribution in [-0.2, 0) is 4.74 Å². The van der Waals surface area contributed by atoms with Crippen molar-refractivity contribution in [1.29, 1.82) is 0 Å². The molecule has 5 heteroatoms. The Bertz CT molecular complexity index is 445. The zero-order chi connectivity index (χ0) is 12.3. The van der Waals surface area contributed by atoms with E-state index in [9.17, 15) is 9.59 Å². The van der Waals surface area contributed by atoms with Crippen molar-refractivity contribution in [3.8, 4) is 0 Å². The molecule has 0 saturated carbocycles. The van der Waals surface area contributed by atoms with Crippen LogP contribution in [0.15, 0.2) is 21.5 Å². The molecule has 0 bridgehead atoms. The number of carbonyl (C=O) groups is 1. The summed E-state index contributed by atoms with van der Waals surface area (Å²) in [4.78, 5) is 25.4. The van der Waals surface area contributed by atoms with Crippen LogP contribution in [0.4, 0.5) is 0 Å². The maximum absolute atomic E-state index is 11.6. The third kappa shape index (κ3) is 3.81. The van der Waals surface area contributed by atoms with Gasteiger partial charge in [0.15, 0.2) is 0 Å². The standard InChI is InChI=1S/C11H14BrNO3/c1-11(2,3)6-16-10(15)8-4-7(12)5-13-9(8)14/h4-5H,6H2,1-3H3,(H,13,14). The van der Waals surface area contributed by atoms with E-state index in [-0.39, 0.29) is 17.6 Å². The van der Waals surface area contributed by atoms with E-state index >= 15 is 0 Å². The van der Waals surface area contributed by atoms with Crippen molar-refractivity contribution in [2.75, 3.05) is 6.61 Å². The van der Waals surface area contributed by atoms with Crippen molar-refractivity contribution in [1.82, 2.24) is 4.98 Å². The van der Waals surface area contributed by atoms with Crippen LogP contribution in [0.1, 0.15) is 31.1 Å². The molecule has 1 rings (SSSR count). The molecule has 0 fully saturated rings. The normalized spacial score (nSPS) is 11.2. The van der Waals surface area contributed by atoms with E-state index in [1.54, 1.807) is 0 Å². The molecule has 1 heterocycles. The minimum atomic E-state index is -0.600. The Hall–Kier alpha value is -1.10. The Labute approximate surface area is 102 Å². The number of esters is 1. The number of carbonyl (C=O) groups excluding carboxylic acids is 1. The van der Waals surface area contributed by atoms with Gasteiger partial charge in [0.1, 0.15) is 5.56 Å². The third-order valence-corrected chi connectivity index (χ3v) is 2.18. The molecular formula is C11H14BrNO3. The number of aromatic amines is 1. The van der Waals surface area contributed by atoms with E-state index < -0.39 is 11.5 Å². The van der Waals surface area contributed by atoms with Crippen LogP contribution in [0, 0.1) is 5.41 Å². The van der Waals surface area contributed by atoms with Gasteiger partial charge >= 0.3 is 5.97 Å². The van der Waals surface area contributed by atoms with Gasteiger partial charge in [0.25, 0.3) is 5.56 Å². The molecule has 0 aliphatic heterocycles. The number of hydrogen-bond donors (Lipinski definition) is 1. The molecule has 88 valence electrons. The number of aromatic nitrogens is 1. The molecule has 0 spiro atoms. The van der Waals surface area contributed by atoms with Crippen molar-refractivity contribution in [2.45, 2.75) is 20.8 Å². The number of pyridine rings is 1. The van der Waals surface area contributed by atoms with Crippen LogP contribution in [-0.4, -0.2) is 17.6 Å². The Morgan fingerprint density at radius 1 is 1.50 bits per heavy atom. The lowest BCUT2D eigenvalue weighted by Crippen LogP contribution is -2.23. The van der Waals surface area contributed by atoms with Crippen LogP contribution in [0.25, 0.3) is 0 Å². The van der Waals surface area contributed by atoms with Gasteiger partial charge in [-0.05, 0) is 27.4 Å². The first-order valence-electron chi connectivity index (χ1n) is 4.85. The van der Waals surface area contributed by atoms with Crippen LogP contribution >= 0.6 is 15.9 Å². The van der Waals surface area contributed by atoms with E-state index in [2.05, 4.69) is 20.9 Å². The molecule has 0 saturated heterocycles. The number of ether oxygens (including phenoxy) is 1. The summed E-state index contributed by atoms with van der Waals surface area (Å²) in [7, 11) is 0. The number of nitrogens with one attached hydrogen (secondary N) is 1. The van der Waals surface area contributed by atoms with E-state index in [0.29, 0.717) is 4.47 Å². The lowest BCUT2D eigenvalue weighted by molar-refractivity contribution is 0.0364. The summed E-state index contributed by atoms with van der Waals surface area (Å²) in [6.07, 6.45) is 1.48. The maximum Gasteiger partial charge on any atom is 0.343 e. The minimum absolute atomic E-state index is 0.0126. The molecule has 0 unspecified atom stereocenters. The van der Waals surface area contributed by atoms with Crippen LogP contribution in [0.3, 0.4) is 0 Å². The quantitative estimate of drug-likeness (QED) is 0.850. The molecule has 1 aromatic rings. The fraction of sp³-hybridized carbons (Fsp3) is 0.455. The van der Waals surface area contributed by atoms with Crippen molar-refractivity contribution < 1.29 is 9.53 Å². The number of hydrogen-bond acceptors (Lipinski definition) is 3. The van der Waals surface area contributed by atoms with Gasteiger partial charge < -0.3 is 9.72 Å². The Morgan fingerprint density at radius 3 is 2.69 bits per heavy atom. The van der Waals surface area contributed by atoms with Gasteiger partial charge in [-0.25, -0.2) is 4.79 Å². The first-order chi connectivity index (χ1) is 7.29. The zero-order valence-electron chi connectivity index (χ0n) is 9.46. The molecule has 0 aromatic carbocycles. The predicted molar refractivity (Wildman–Crippen MR) is 64.5 cm³/mol. The summed E-state index contributed by atoms with van der Waals surface area (Å²) < 4.78 is 5.68. The lowest BCUT2D eigenvalue weighted by atomic mass is 9.99. The molecule has 16 heavy (non-hydrogen) atoms.